The lowest BCUT2D eigenvalue weighted by molar-refractivity contribution is 0.246. The Morgan fingerprint density at radius 1 is 1.36 bits per heavy atom. The van der Waals surface area contributed by atoms with Gasteiger partial charge in [-0.1, -0.05) is 0 Å². The van der Waals surface area contributed by atoms with Crippen LogP contribution in [0.1, 0.15) is 11.7 Å². The molecule has 0 spiro atoms. The van der Waals surface area contributed by atoms with Crippen LogP contribution in [-0.2, 0) is 0 Å². The van der Waals surface area contributed by atoms with Crippen molar-refractivity contribution in [3.63, 3.8) is 0 Å². The number of hydrogen-bond acceptors (Lipinski definition) is 3. The zero-order valence-corrected chi connectivity index (χ0v) is 8.09. The average Bonchev–Trinajstić information content (AvgIpc) is 2.11. The van der Waals surface area contributed by atoms with E-state index < -0.39 is 17.8 Å². The van der Waals surface area contributed by atoms with Gasteiger partial charge in [-0.2, -0.15) is 0 Å². The van der Waals surface area contributed by atoms with Crippen LogP contribution in [0.2, 0.25) is 0 Å². The molecule has 0 saturated heterocycles. The maximum atomic E-state index is 13.3. The van der Waals surface area contributed by atoms with E-state index in [1.165, 1.54) is 0 Å². The number of nitrogens with one attached hydrogen (secondary N) is 1. The minimum atomic E-state index is -0.536. The molecule has 0 aliphatic rings. The molecule has 0 amide bonds. The second-order valence-corrected chi connectivity index (χ2v) is 3.20. The number of rotatable bonds is 3. The molecule has 0 radical (unpaired) electrons. The van der Waals surface area contributed by atoms with Gasteiger partial charge in [0.1, 0.15) is 17.8 Å². The maximum Gasteiger partial charge on any atom is 0.129 e. The highest BCUT2D eigenvalue weighted by Crippen LogP contribution is 2.18. The fraction of sp³-hybridized carbons (Fsp3) is 0.333. The van der Waals surface area contributed by atoms with Crippen LogP contribution < -0.4 is 11.3 Å². The van der Waals surface area contributed by atoms with E-state index >= 15 is 0 Å². The van der Waals surface area contributed by atoms with Crippen molar-refractivity contribution in [1.29, 1.82) is 0 Å². The molecule has 3 N–H and O–H groups in total. The Labute approximate surface area is 81.5 Å². The SMILES string of the molecule is CN(C)C(NN)c1cc(F)ccc1F. The number of hydrazine groups is 1. The highest BCUT2D eigenvalue weighted by atomic mass is 19.1. The van der Waals surface area contributed by atoms with Gasteiger partial charge in [-0.15, -0.1) is 0 Å². The number of nitrogens with zero attached hydrogens (tertiary/aromatic N) is 1. The molecule has 0 saturated carbocycles. The van der Waals surface area contributed by atoms with Crippen LogP contribution in [0.3, 0.4) is 0 Å². The van der Waals surface area contributed by atoms with Gasteiger partial charge in [0.15, 0.2) is 0 Å². The summed E-state index contributed by atoms with van der Waals surface area (Å²) in [6.45, 7) is 0. The van der Waals surface area contributed by atoms with Crippen LogP contribution in [0.5, 0.6) is 0 Å². The highest BCUT2D eigenvalue weighted by Gasteiger charge is 2.16. The van der Waals surface area contributed by atoms with Gasteiger partial charge >= 0.3 is 0 Å². The molecule has 3 nitrogen and oxygen atoms in total. The molecule has 1 aromatic carbocycles. The topological polar surface area (TPSA) is 41.3 Å². The minimum Gasteiger partial charge on any atom is -0.289 e. The molecule has 1 rings (SSSR count). The third kappa shape index (κ3) is 2.25. The molecule has 0 aromatic heterocycles. The zero-order chi connectivity index (χ0) is 10.7. The van der Waals surface area contributed by atoms with Crippen LogP contribution in [0.25, 0.3) is 0 Å². The normalized spacial score (nSPS) is 13.3. The Balaban J connectivity index is 3.08. The first kappa shape index (κ1) is 11.0. The molecule has 0 aliphatic heterocycles. The number of halogens is 2. The Bertz CT molecular complexity index is 315. The second kappa shape index (κ2) is 4.45. The third-order valence-corrected chi connectivity index (χ3v) is 1.93. The molecule has 0 bridgehead atoms. The van der Waals surface area contributed by atoms with E-state index in [-0.39, 0.29) is 5.56 Å². The molecular weight excluding hydrogens is 188 g/mol. The van der Waals surface area contributed by atoms with Crippen molar-refractivity contribution < 1.29 is 8.78 Å². The van der Waals surface area contributed by atoms with Crippen LogP contribution in [0, 0.1) is 11.6 Å². The van der Waals surface area contributed by atoms with Crippen molar-refractivity contribution in [2.45, 2.75) is 6.17 Å². The van der Waals surface area contributed by atoms with Crippen molar-refractivity contribution in [3.05, 3.63) is 35.4 Å². The fourth-order valence-corrected chi connectivity index (χ4v) is 1.24. The Hall–Kier alpha value is -1.04. The summed E-state index contributed by atoms with van der Waals surface area (Å²) < 4.78 is 26.1. The van der Waals surface area contributed by atoms with E-state index in [4.69, 9.17) is 5.84 Å². The third-order valence-electron chi connectivity index (χ3n) is 1.93. The summed E-state index contributed by atoms with van der Waals surface area (Å²) in [4.78, 5) is 1.65. The predicted molar refractivity (Wildman–Crippen MR) is 50.1 cm³/mol. The van der Waals surface area contributed by atoms with Gasteiger partial charge in [-0.3, -0.25) is 10.7 Å². The van der Waals surface area contributed by atoms with Gasteiger partial charge < -0.3 is 0 Å². The summed E-state index contributed by atoms with van der Waals surface area (Å²) in [5.41, 5.74) is 2.60. The summed E-state index contributed by atoms with van der Waals surface area (Å²) >= 11 is 0. The Kier molecular flexibility index (Phi) is 3.51. The summed E-state index contributed by atoms with van der Waals surface area (Å²) in [6.07, 6.45) is -0.536. The van der Waals surface area contributed by atoms with E-state index in [2.05, 4.69) is 5.43 Å². The number of benzene rings is 1. The molecular formula is C9H13F2N3. The highest BCUT2D eigenvalue weighted by molar-refractivity contribution is 5.21. The van der Waals surface area contributed by atoms with E-state index in [9.17, 15) is 8.78 Å². The van der Waals surface area contributed by atoms with Crippen molar-refractivity contribution >= 4 is 0 Å². The molecule has 0 heterocycles. The van der Waals surface area contributed by atoms with Crippen molar-refractivity contribution in [2.24, 2.45) is 5.84 Å². The molecule has 14 heavy (non-hydrogen) atoms. The van der Waals surface area contributed by atoms with Gasteiger partial charge in [0.25, 0.3) is 0 Å². The quantitative estimate of drug-likeness (QED) is 0.435. The van der Waals surface area contributed by atoms with E-state index in [0.29, 0.717) is 0 Å². The van der Waals surface area contributed by atoms with E-state index in [0.717, 1.165) is 18.2 Å². The van der Waals surface area contributed by atoms with Crippen LogP contribution in [-0.4, -0.2) is 19.0 Å². The van der Waals surface area contributed by atoms with Crippen LogP contribution >= 0.6 is 0 Å². The van der Waals surface area contributed by atoms with E-state index in [1.807, 2.05) is 0 Å². The lowest BCUT2D eigenvalue weighted by Crippen LogP contribution is -2.38. The minimum absolute atomic E-state index is 0.192. The molecule has 0 fully saturated rings. The Morgan fingerprint density at radius 2 is 2.00 bits per heavy atom. The first-order valence-corrected chi connectivity index (χ1v) is 4.13. The van der Waals surface area contributed by atoms with Gasteiger partial charge in [0.05, 0.1) is 0 Å². The fourth-order valence-electron chi connectivity index (χ4n) is 1.24. The summed E-state index contributed by atoms with van der Waals surface area (Å²) in [6, 6.07) is 3.28. The standard InChI is InChI=1S/C9H13F2N3/c1-14(2)9(13-12)7-5-6(10)3-4-8(7)11/h3-5,9,13H,12H2,1-2H3. The van der Waals surface area contributed by atoms with Crippen LogP contribution in [0.15, 0.2) is 18.2 Å². The van der Waals surface area contributed by atoms with Gasteiger partial charge in [-0.05, 0) is 32.3 Å². The van der Waals surface area contributed by atoms with Gasteiger partial charge in [0.2, 0.25) is 0 Å². The lowest BCUT2D eigenvalue weighted by atomic mass is 10.1. The Morgan fingerprint density at radius 3 is 2.50 bits per heavy atom. The van der Waals surface area contributed by atoms with Crippen molar-refractivity contribution in [3.8, 4) is 0 Å². The molecule has 1 unspecified atom stereocenters. The molecule has 0 aliphatic carbocycles. The maximum absolute atomic E-state index is 13.3. The van der Waals surface area contributed by atoms with Crippen LogP contribution in [0.4, 0.5) is 8.78 Å². The van der Waals surface area contributed by atoms with Gasteiger partial charge in [0, 0.05) is 5.56 Å². The summed E-state index contributed by atoms with van der Waals surface area (Å²) in [5, 5.41) is 0. The number of nitrogens with two attached hydrogens (primary N) is 1. The van der Waals surface area contributed by atoms with Crippen molar-refractivity contribution in [1.82, 2.24) is 10.3 Å². The van der Waals surface area contributed by atoms with Gasteiger partial charge in [-0.25, -0.2) is 14.2 Å². The molecule has 78 valence electrons. The lowest BCUT2D eigenvalue weighted by Gasteiger charge is -2.23. The monoisotopic (exact) mass is 201 g/mol. The smallest absolute Gasteiger partial charge is 0.129 e. The average molecular weight is 201 g/mol. The zero-order valence-electron chi connectivity index (χ0n) is 8.09. The molecule has 1 aromatic rings. The molecule has 5 heteroatoms. The molecule has 1 atom stereocenters. The predicted octanol–water partition coefficient (Wildman–Crippen LogP) is 0.988. The largest absolute Gasteiger partial charge is 0.289 e. The first-order chi connectivity index (χ1) is 6.56. The van der Waals surface area contributed by atoms with Crippen molar-refractivity contribution in [2.75, 3.05) is 14.1 Å². The second-order valence-electron chi connectivity index (χ2n) is 3.20. The summed E-state index contributed by atoms with van der Waals surface area (Å²) in [5.74, 6) is 4.28. The van der Waals surface area contributed by atoms with E-state index in [1.54, 1.807) is 19.0 Å². The first-order valence-electron chi connectivity index (χ1n) is 4.13. The number of hydrogen-bond donors (Lipinski definition) is 2. The summed E-state index contributed by atoms with van der Waals surface area (Å²) in [7, 11) is 3.43.